The lowest BCUT2D eigenvalue weighted by molar-refractivity contribution is -0.127. The Morgan fingerprint density at radius 1 is 1.61 bits per heavy atom. The molecule has 0 bridgehead atoms. The molecule has 1 rings (SSSR count). The first kappa shape index (κ1) is 13.9. The molecule has 18 heavy (non-hydrogen) atoms. The van der Waals surface area contributed by atoms with Crippen LogP contribution in [0.15, 0.2) is 30.3 Å². The van der Waals surface area contributed by atoms with Gasteiger partial charge in [-0.1, -0.05) is 12.1 Å². The van der Waals surface area contributed by atoms with Crippen molar-refractivity contribution in [2.75, 3.05) is 13.7 Å². The van der Waals surface area contributed by atoms with Crippen LogP contribution in [0.3, 0.4) is 0 Å². The molecule has 1 amide bonds. The maximum Gasteiger partial charge on any atom is 0.246 e. The van der Waals surface area contributed by atoms with Crippen LogP contribution in [0.2, 0.25) is 0 Å². The van der Waals surface area contributed by atoms with Gasteiger partial charge in [-0.2, -0.15) is 5.26 Å². The Morgan fingerprint density at radius 3 is 2.94 bits per heavy atom. The van der Waals surface area contributed by atoms with Crippen LogP contribution in [-0.4, -0.2) is 35.6 Å². The predicted octanol–water partition coefficient (Wildman–Crippen LogP) is 1.41. The van der Waals surface area contributed by atoms with E-state index in [9.17, 15) is 4.79 Å². The minimum absolute atomic E-state index is 0.0694. The number of likely N-dealkylation sites (N-methyl/N-ethyl adjacent to an activating group) is 1. The summed E-state index contributed by atoms with van der Waals surface area (Å²) in [5.41, 5.74) is 1.36. The number of nitrogens with zero attached hydrogens (tertiary/aromatic N) is 2. The number of hydrogen-bond acceptors (Lipinski definition) is 3. The molecule has 4 nitrogen and oxygen atoms in total. The van der Waals surface area contributed by atoms with Gasteiger partial charge in [0.1, 0.15) is 0 Å². The summed E-state index contributed by atoms with van der Waals surface area (Å²) in [5.74, 6) is -0.182. The zero-order valence-corrected chi connectivity index (χ0v) is 10.5. The minimum atomic E-state index is -0.215. The van der Waals surface area contributed by atoms with Crippen LogP contribution in [0.5, 0.6) is 0 Å². The highest BCUT2D eigenvalue weighted by Gasteiger charge is 2.11. The van der Waals surface area contributed by atoms with Gasteiger partial charge in [0.25, 0.3) is 0 Å². The topological polar surface area (TPSA) is 64.3 Å². The molecule has 0 aliphatic carbocycles. The second kappa shape index (κ2) is 6.58. The SMILES string of the molecule is CC(CO)N(C)C(=O)/C=C/c1cccc(C#N)c1. The molecule has 0 spiro atoms. The number of amides is 1. The molecule has 4 heteroatoms. The van der Waals surface area contributed by atoms with E-state index >= 15 is 0 Å². The van der Waals surface area contributed by atoms with Gasteiger partial charge in [-0.15, -0.1) is 0 Å². The molecule has 0 aliphatic rings. The van der Waals surface area contributed by atoms with Crippen molar-refractivity contribution in [2.24, 2.45) is 0 Å². The highest BCUT2D eigenvalue weighted by molar-refractivity contribution is 5.91. The molecule has 0 radical (unpaired) electrons. The van der Waals surface area contributed by atoms with Gasteiger partial charge in [0.15, 0.2) is 0 Å². The molecule has 0 fully saturated rings. The molecule has 0 heterocycles. The van der Waals surface area contributed by atoms with Gasteiger partial charge < -0.3 is 10.0 Å². The van der Waals surface area contributed by atoms with Gasteiger partial charge in [0, 0.05) is 13.1 Å². The Kier molecular flexibility index (Phi) is 5.09. The molecule has 0 saturated carbocycles. The van der Waals surface area contributed by atoms with Crippen molar-refractivity contribution in [2.45, 2.75) is 13.0 Å². The van der Waals surface area contributed by atoms with Crippen LogP contribution in [0.1, 0.15) is 18.1 Å². The fourth-order valence-corrected chi connectivity index (χ4v) is 1.34. The van der Waals surface area contributed by atoms with Gasteiger partial charge in [-0.05, 0) is 30.7 Å². The van der Waals surface area contributed by atoms with Gasteiger partial charge >= 0.3 is 0 Å². The second-order valence-corrected chi connectivity index (χ2v) is 4.05. The van der Waals surface area contributed by atoms with Crippen molar-refractivity contribution >= 4 is 12.0 Å². The van der Waals surface area contributed by atoms with E-state index in [0.717, 1.165) is 5.56 Å². The Balaban J connectivity index is 2.75. The summed E-state index contributed by atoms with van der Waals surface area (Å²) in [7, 11) is 1.64. The van der Waals surface area contributed by atoms with Crippen molar-refractivity contribution in [1.29, 1.82) is 5.26 Å². The maximum absolute atomic E-state index is 11.7. The molecular weight excluding hydrogens is 228 g/mol. The predicted molar refractivity (Wildman–Crippen MR) is 69.5 cm³/mol. The Labute approximate surface area is 107 Å². The van der Waals surface area contributed by atoms with Crippen molar-refractivity contribution in [1.82, 2.24) is 4.90 Å². The quantitative estimate of drug-likeness (QED) is 0.814. The Bertz CT molecular complexity index is 489. The average molecular weight is 244 g/mol. The molecule has 0 saturated heterocycles. The van der Waals surface area contributed by atoms with Crippen LogP contribution in [0.4, 0.5) is 0 Å². The van der Waals surface area contributed by atoms with Crippen LogP contribution in [-0.2, 0) is 4.79 Å². The van der Waals surface area contributed by atoms with Crippen LogP contribution in [0.25, 0.3) is 6.08 Å². The second-order valence-electron chi connectivity index (χ2n) is 4.05. The summed E-state index contributed by atoms with van der Waals surface area (Å²) in [6.45, 7) is 1.70. The monoisotopic (exact) mass is 244 g/mol. The average Bonchev–Trinajstić information content (AvgIpc) is 2.43. The van der Waals surface area contributed by atoms with E-state index in [4.69, 9.17) is 10.4 Å². The van der Waals surface area contributed by atoms with Gasteiger partial charge in [-0.25, -0.2) is 0 Å². The smallest absolute Gasteiger partial charge is 0.246 e. The summed E-state index contributed by atoms with van der Waals surface area (Å²) in [6.07, 6.45) is 3.09. The highest BCUT2D eigenvalue weighted by atomic mass is 16.3. The molecule has 1 aromatic rings. The third-order valence-electron chi connectivity index (χ3n) is 2.71. The van der Waals surface area contributed by atoms with Crippen LogP contribution < -0.4 is 0 Å². The fourth-order valence-electron chi connectivity index (χ4n) is 1.34. The molecule has 1 aromatic carbocycles. The number of nitriles is 1. The molecule has 94 valence electrons. The first-order valence-corrected chi connectivity index (χ1v) is 5.64. The fraction of sp³-hybridized carbons (Fsp3) is 0.286. The third kappa shape index (κ3) is 3.72. The molecule has 1 N–H and O–H groups in total. The van der Waals surface area contributed by atoms with E-state index in [1.807, 2.05) is 12.1 Å². The van der Waals surface area contributed by atoms with Crippen molar-refractivity contribution in [3.63, 3.8) is 0 Å². The zero-order valence-electron chi connectivity index (χ0n) is 10.5. The van der Waals surface area contributed by atoms with Crippen molar-refractivity contribution in [3.05, 3.63) is 41.5 Å². The lowest BCUT2D eigenvalue weighted by atomic mass is 10.1. The number of carbonyl (C=O) groups excluding carboxylic acids is 1. The number of benzene rings is 1. The molecule has 1 atom stereocenters. The van der Waals surface area contributed by atoms with E-state index < -0.39 is 0 Å². The van der Waals surface area contributed by atoms with E-state index in [0.29, 0.717) is 5.56 Å². The normalized spacial score (nSPS) is 12.1. The van der Waals surface area contributed by atoms with Crippen molar-refractivity contribution in [3.8, 4) is 6.07 Å². The molecular formula is C14H16N2O2. The van der Waals surface area contributed by atoms with E-state index in [1.165, 1.54) is 11.0 Å². The molecule has 1 unspecified atom stereocenters. The van der Waals surface area contributed by atoms with Crippen LogP contribution >= 0.6 is 0 Å². The number of hydrogen-bond donors (Lipinski definition) is 1. The van der Waals surface area contributed by atoms with Crippen LogP contribution in [0, 0.1) is 11.3 Å². The lowest BCUT2D eigenvalue weighted by Crippen LogP contribution is -2.36. The van der Waals surface area contributed by atoms with E-state index in [-0.39, 0.29) is 18.6 Å². The standard InChI is InChI=1S/C14H16N2O2/c1-11(10-17)16(2)14(18)7-6-12-4-3-5-13(8-12)9-15/h3-8,11,17H,10H2,1-2H3/b7-6+. The van der Waals surface area contributed by atoms with Gasteiger partial charge in [-0.3, -0.25) is 4.79 Å². The van der Waals surface area contributed by atoms with E-state index in [2.05, 4.69) is 0 Å². The summed E-state index contributed by atoms with van der Waals surface area (Å²) in [4.78, 5) is 13.2. The van der Waals surface area contributed by atoms with Gasteiger partial charge in [0.2, 0.25) is 5.91 Å². The Hall–Kier alpha value is -2.12. The van der Waals surface area contributed by atoms with Crippen molar-refractivity contribution < 1.29 is 9.90 Å². The highest BCUT2D eigenvalue weighted by Crippen LogP contribution is 2.07. The maximum atomic E-state index is 11.7. The summed E-state index contributed by atoms with van der Waals surface area (Å²) in [5, 5.41) is 17.7. The lowest BCUT2D eigenvalue weighted by Gasteiger charge is -2.21. The molecule has 0 aliphatic heterocycles. The first-order valence-electron chi connectivity index (χ1n) is 5.64. The third-order valence-corrected chi connectivity index (χ3v) is 2.71. The van der Waals surface area contributed by atoms with Gasteiger partial charge in [0.05, 0.1) is 24.3 Å². The first-order chi connectivity index (χ1) is 8.58. The Morgan fingerprint density at radius 2 is 2.33 bits per heavy atom. The number of aliphatic hydroxyl groups excluding tert-OH is 1. The largest absolute Gasteiger partial charge is 0.394 e. The molecule has 0 aromatic heterocycles. The summed E-state index contributed by atoms with van der Waals surface area (Å²) in [6, 6.07) is 8.83. The number of aliphatic hydroxyl groups is 1. The number of carbonyl (C=O) groups is 1. The zero-order chi connectivity index (χ0) is 13.5. The number of rotatable bonds is 4. The summed E-state index contributed by atoms with van der Waals surface area (Å²) >= 11 is 0. The summed E-state index contributed by atoms with van der Waals surface area (Å²) < 4.78 is 0. The minimum Gasteiger partial charge on any atom is -0.394 e. The van der Waals surface area contributed by atoms with E-state index in [1.54, 1.807) is 38.2 Å².